The van der Waals surface area contributed by atoms with E-state index in [0.717, 1.165) is 0 Å². The Morgan fingerprint density at radius 2 is 2.00 bits per heavy atom. The zero-order valence-corrected chi connectivity index (χ0v) is 17.4. The SMILES string of the molecule is COC(=O)N1CC(Oc2cc(NC3CCC(F)(F)CC3)nc(-c3nc(C)ns3)n2)C1. The Labute approximate surface area is 176 Å². The van der Waals surface area contributed by atoms with Crippen molar-refractivity contribution in [1.29, 1.82) is 0 Å². The molecule has 1 saturated heterocycles. The van der Waals surface area contributed by atoms with Crippen LogP contribution in [0.2, 0.25) is 0 Å². The van der Waals surface area contributed by atoms with Gasteiger partial charge in [-0.25, -0.2) is 23.5 Å². The van der Waals surface area contributed by atoms with Crippen LogP contribution in [0.3, 0.4) is 0 Å². The highest BCUT2D eigenvalue weighted by molar-refractivity contribution is 7.09. The molecule has 1 N–H and O–H groups in total. The lowest BCUT2D eigenvalue weighted by Gasteiger charge is -2.37. The predicted molar refractivity (Wildman–Crippen MR) is 105 cm³/mol. The lowest BCUT2D eigenvalue weighted by atomic mass is 9.92. The summed E-state index contributed by atoms with van der Waals surface area (Å²) in [4.78, 5) is 26.2. The van der Waals surface area contributed by atoms with E-state index in [0.29, 0.717) is 54.3 Å². The van der Waals surface area contributed by atoms with Crippen LogP contribution in [-0.2, 0) is 4.74 Å². The van der Waals surface area contributed by atoms with Gasteiger partial charge in [-0.15, -0.1) is 0 Å². The van der Waals surface area contributed by atoms with E-state index < -0.39 is 12.0 Å². The quantitative estimate of drug-likeness (QED) is 0.757. The van der Waals surface area contributed by atoms with Crippen molar-refractivity contribution >= 4 is 23.4 Å². The smallest absolute Gasteiger partial charge is 0.409 e. The molecule has 2 aromatic heterocycles. The Hall–Kier alpha value is -2.63. The number of nitrogens with one attached hydrogen (secondary N) is 1. The van der Waals surface area contributed by atoms with Crippen LogP contribution in [0.1, 0.15) is 31.5 Å². The summed E-state index contributed by atoms with van der Waals surface area (Å²) in [6.07, 6.45) is -0.197. The number of halogens is 2. The Bertz CT molecular complexity index is 911. The molecule has 2 aromatic rings. The molecule has 0 atom stereocenters. The molecule has 3 heterocycles. The molecule has 0 bridgehead atoms. The number of likely N-dealkylation sites (tertiary alicyclic amines) is 1. The molecule has 0 radical (unpaired) electrons. The van der Waals surface area contributed by atoms with Crippen LogP contribution in [0, 0.1) is 6.92 Å². The van der Waals surface area contributed by atoms with E-state index in [4.69, 9.17) is 4.74 Å². The molecule has 162 valence electrons. The third-order valence-corrected chi connectivity index (χ3v) is 5.86. The Morgan fingerprint density at radius 1 is 1.27 bits per heavy atom. The average Bonchev–Trinajstić information content (AvgIpc) is 3.12. The van der Waals surface area contributed by atoms with Crippen molar-refractivity contribution < 1.29 is 23.0 Å². The number of carbonyl (C=O) groups is 1. The normalized spacial score (nSPS) is 19.3. The Balaban J connectivity index is 1.49. The number of hydrogen-bond acceptors (Lipinski definition) is 9. The number of aryl methyl sites for hydroxylation is 1. The van der Waals surface area contributed by atoms with Crippen molar-refractivity contribution in [1.82, 2.24) is 24.2 Å². The number of carbonyl (C=O) groups excluding carboxylic acids is 1. The molecule has 9 nitrogen and oxygen atoms in total. The highest BCUT2D eigenvalue weighted by atomic mass is 32.1. The number of rotatable bonds is 5. The van der Waals surface area contributed by atoms with Crippen LogP contribution < -0.4 is 10.1 Å². The van der Waals surface area contributed by atoms with Gasteiger partial charge in [0.05, 0.1) is 20.2 Å². The van der Waals surface area contributed by atoms with Crippen molar-refractivity contribution in [3.63, 3.8) is 0 Å². The van der Waals surface area contributed by atoms with Crippen LogP contribution in [-0.4, -0.2) is 68.6 Å². The fraction of sp³-hybridized carbons (Fsp3) is 0.611. The summed E-state index contributed by atoms with van der Waals surface area (Å²) < 4.78 is 41.6. The van der Waals surface area contributed by atoms with Crippen molar-refractivity contribution in [3.8, 4) is 16.7 Å². The van der Waals surface area contributed by atoms with Crippen LogP contribution in [0.25, 0.3) is 10.8 Å². The molecule has 1 aliphatic carbocycles. The highest BCUT2D eigenvalue weighted by Crippen LogP contribution is 2.34. The summed E-state index contributed by atoms with van der Waals surface area (Å²) >= 11 is 1.17. The standard InChI is InChI=1S/C18H22F2N6O3S/c1-10-21-16(30-25-10)15-23-13(22-11-3-5-18(19,20)6-4-11)7-14(24-15)29-12-8-26(9-12)17(27)28-2/h7,11-12H,3-6,8-9H2,1-2H3,(H,22,23,24). The number of aromatic nitrogens is 4. The van der Waals surface area contributed by atoms with Gasteiger partial charge in [0, 0.05) is 24.9 Å². The fourth-order valence-electron chi connectivity index (χ4n) is 3.40. The van der Waals surface area contributed by atoms with E-state index in [1.165, 1.54) is 23.5 Å². The monoisotopic (exact) mass is 440 g/mol. The van der Waals surface area contributed by atoms with E-state index >= 15 is 0 Å². The molecule has 2 fully saturated rings. The first kappa shape index (κ1) is 20.6. The lowest BCUT2D eigenvalue weighted by molar-refractivity contribution is -0.0361. The number of nitrogens with zero attached hydrogens (tertiary/aromatic N) is 5. The number of amides is 1. The highest BCUT2D eigenvalue weighted by Gasteiger charge is 2.36. The fourth-order valence-corrected chi connectivity index (χ4v) is 4.00. The molecule has 0 spiro atoms. The number of methoxy groups -OCH3 is 1. The van der Waals surface area contributed by atoms with Gasteiger partial charge >= 0.3 is 6.09 Å². The van der Waals surface area contributed by atoms with Gasteiger partial charge in [0.15, 0.2) is 10.8 Å². The van der Waals surface area contributed by atoms with Gasteiger partial charge in [0.25, 0.3) is 0 Å². The number of alkyl halides is 2. The topological polar surface area (TPSA) is 102 Å². The van der Waals surface area contributed by atoms with E-state index in [9.17, 15) is 13.6 Å². The molecule has 1 aliphatic heterocycles. The van der Waals surface area contributed by atoms with Gasteiger partial charge in [0.1, 0.15) is 17.7 Å². The lowest BCUT2D eigenvalue weighted by Crippen LogP contribution is -2.56. The van der Waals surface area contributed by atoms with Gasteiger partial charge < -0.3 is 19.7 Å². The third-order valence-electron chi connectivity index (χ3n) is 5.06. The van der Waals surface area contributed by atoms with Gasteiger partial charge in [0.2, 0.25) is 11.8 Å². The first-order valence-electron chi connectivity index (χ1n) is 9.65. The van der Waals surface area contributed by atoms with Crippen molar-refractivity contribution in [2.24, 2.45) is 0 Å². The maximum absolute atomic E-state index is 13.4. The van der Waals surface area contributed by atoms with E-state index in [1.54, 1.807) is 13.0 Å². The molecule has 0 unspecified atom stereocenters. The van der Waals surface area contributed by atoms with Crippen molar-refractivity contribution in [2.45, 2.75) is 50.7 Å². The Morgan fingerprint density at radius 3 is 2.63 bits per heavy atom. The maximum atomic E-state index is 13.4. The van der Waals surface area contributed by atoms with Gasteiger partial charge in [-0.1, -0.05) is 0 Å². The summed E-state index contributed by atoms with van der Waals surface area (Å²) in [5.74, 6) is -0.816. The minimum Gasteiger partial charge on any atom is -0.470 e. The zero-order chi connectivity index (χ0) is 21.3. The molecule has 1 amide bonds. The molecule has 30 heavy (non-hydrogen) atoms. The zero-order valence-electron chi connectivity index (χ0n) is 16.6. The van der Waals surface area contributed by atoms with Crippen LogP contribution in [0.5, 0.6) is 5.88 Å². The first-order valence-corrected chi connectivity index (χ1v) is 10.4. The molecular formula is C18H22F2N6O3S. The number of hydrogen-bond donors (Lipinski definition) is 1. The number of anilines is 1. The van der Waals surface area contributed by atoms with Gasteiger partial charge in [-0.05, 0) is 31.3 Å². The summed E-state index contributed by atoms with van der Waals surface area (Å²) in [5, 5.41) is 3.77. The summed E-state index contributed by atoms with van der Waals surface area (Å²) in [7, 11) is 1.33. The Kier molecular flexibility index (Phi) is 5.67. The third kappa shape index (κ3) is 4.74. The largest absolute Gasteiger partial charge is 0.470 e. The van der Waals surface area contributed by atoms with Crippen molar-refractivity contribution in [2.75, 3.05) is 25.5 Å². The second kappa shape index (κ2) is 8.25. The second-order valence-electron chi connectivity index (χ2n) is 7.45. The summed E-state index contributed by atoms with van der Waals surface area (Å²) in [6.45, 7) is 2.56. The van der Waals surface area contributed by atoms with E-state index in [2.05, 4.69) is 29.4 Å². The summed E-state index contributed by atoms with van der Waals surface area (Å²) in [6, 6.07) is 1.54. The molecule has 2 aliphatic rings. The number of ether oxygens (including phenoxy) is 2. The minimum atomic E-state index is -2.59. The maximum Gasteiger partial charge on any atom is 0.409 e. The molecule has 4 rings (SSSR count). The average molecular weight is 440 g/mol. The first-order chi connectivity index (χ1) is 14.3. The van der Waals surface area contributed by atoms with Crippen LogP contribution in [0.4, 0.5) is 19.4 Å². The molecular weight excluding hydrogens is 418 g/mol. The minimum absolute atomic E-state index is 0.102. The van der Waals surface area contributed by atoms with E-state index in [1.807, 2.05) is 0 Å². The van der Waals surface area contributed by atoms with Gasteiger partial charge in [-0.2, -0.15) is 9.36 Å². The van der Waals surface area contributed by atoms with Crippen LogP contribution in [0.15, 0.2) is 6.07 Å². The van der Waals surface area contributed by atoms with E-state index in [-0.39, 0.29) is 25.0 Å². The molecule has 0 aromatic carbocycles. The van der Waals surface area contributed by atoms with Crippen LogP contribution >= 0.6 is 11.5 Å². The molecule has 1 saturated carbocycles. The molecule has 12 heteroatoms. The predicted octanol–water partition coefficient (Wildman–Crippen LogP) is 3.12. The van der Waals surface area contributed by atoms with Gasteiger partial charge in [-0.3, -0.25) is 0 Å². The summed E-state index contributed by atoms with van der Waals surface area (Å²) in [5.41, 5.74) is 0. The van der Waals surface area contributed by atoms with Crippen molar-refractivity contribution in [3.05, 3.63) is 11.9 Å². The second-order valence-corrected chi connectivity index (χ2v) is 8.20.